The summed E-state index contributed by atoms with van der Waals surface area (Å²) in [6.07, 6.45) is 1.53. The van der Waals surface area contributed by atoms with E-state index in [-0.39, 0.29) is 16.4 Å². The van der Waals surface area contributed by atoms with Crippen molar-refractivity contribution < 1.29 is 9.90 Å². The maximum atomic E-state index is 12.0. The Hall–Kier alpha value is -7.34. The van der Waals surface area contributed by atoms with Crippen molar-refractivity contribution in [2.45, 2.75) is 38.5 Å². The molecule has 4 nitrogen and oxygen atoms in total. The number of carboxylic acids is 1. The molecule has 12 rings (SSSR count). The number of hydrogen-bond acceptors (Lipinski definition) is 5. The molecule has 3 heterocycles. The molecule has 1 N–H and O–H groups in total. The van der Waals surface area contributed by atoms with Crippen molar-refractivity contribution in [2.24, 2.45) is 0 Å². The Morgan fingerprint density at radius 1 is 0.552 bits per heavy atom. The van der Waals surface area contributed by atoms with Gasteiger partial charge in [-0.15, -0.1) is 22.7 Å². The lowest BCUT2D eigenvalue weighted by Crippen LogP contribution is -2.72. The SMILES string of the molecule is CC1(C)c2ccccc2-c2ccc(N(c3ccc(-c4cc5c(s4)-c4sc(/C=C(/C#N)C(=O)O)cc4[Si]5(c4ccccc4)c4ccccc4)cc3)c3ccc4c(c3)C(C)(C)c3ccccc3-4)cc21. The molecule has 0 saturated heterocycles. The van der Waals surface area contributed by atoms with Crippen molar-refractivity contribution in [1.82, 2.24) is 0 Å². The van der Waals surface area contributed by atoms with E-state index in [9.17, 15) is 15.2 Å². The number of thiophene rings is 2. The molecule has 1 aliphatic heterocycles. The normalized spacial score (nSPS) is 15.1. The number of aliphatic carboxylic acids is 1. The van der Waals surface area contributed by atoms with E-state index in [2.05, 4.69) is 215 Å². The molecule has 67 heavy (non-hydrogen) atoms. The highest BCUT2D eigenvalue weighted by molar-refractivity contribution is 7.35. The summed E-state index contributed by atoms with van der Waals surface area (Å²) < 4.78 is 0. The predicted octanol–water partition coefficient (Wildman–Crippen LogP) is 12.9. The predicted molar refractivity (Wildman–Crippen MR) is 281 cm³/mol. The van der Waals surface area contributed by atoms with E-state index in [1.54, 1.807) is 22.7 Å². The Morgan fingerprint density at radius 2 is 1.01 bits per heavy atom. The van der Waals surface area contributed by atoms with E-state index in [0.717, 1.165) is 32.4 Å². The Bertz CT molecular complexity index is 3430. The first-order valence-corrected chi connectivity index (χ1v) is 26.3. The van der Waals surface area contributed by atoms with Gasteiger partial charge >= 0.3 is 5.97 Å². The first-order chi connectivity index (χ1) is 32.5. The highest BCUT2D eigenvalue weighted by atomic mass is 32.1. The summed E-state index contributed by atoms with van der Waals surface area (Å²) in [6.45, 7) is 9.38. The number of benzene rings is 7. The molecule has 2 aromatic heterocycles. The molecule has 2 aliphatic carbocycles. The number of carbonyl (C=O) groups is 1. The van der Waals surface area contributed by atoms with Crippen LogP contribution in [0, 0.1) is 11.3 Å². The first-order valence-electron chi connectivity index (χ1n) is 22.6. The van der Waals surface area contributed by atoms with Crippen LogP contribution >= 0.6 is 22.7 Å². The van der Waals surface area contributed by atoms with Gasteiger partial charge in [-0.1, -0.05) is 161 Å². The van der Waals surface area contributed by atoms with E-state index >= 15 is 0 Å². The van der Waals surface area contributed by atoms with Gasteiger partial charge in [0.15, 0.2) is 8.07 Å². The van der Waals surface area contributed by atoms with Crippen LogP contribution in [-0.2, 0) is 15.6 Å². The summed E-state index contributed by atoms with van der Waals surface area (Å²) >= 11 is 3.39. The number of nitriles is 1. The van der Waals surface area contributed by atoms with Gasteiger partial charge in [-0.05, 0) is 125 Å². The van der Waals surface area contributed by atoms with E-state index < -0.39 is 14.0 Å². The zero-order valence-electron chi connectivity index (χ0n) is 37.5. The fraction of sp³-hybridized carbons (Fsp3) is 0.100. The van der Waals surface area contributed by atoms with Crippen molar-refractivity contribution in [3.8, 4) is 48.5 Å². The second-order valence-electron chi connectivity index (χ2n) is 18.9. The average Bonchev–Trinajstić information content (AvgIpc) is 4.13. The molecule has 7 heteroatoms. The molecule has 0 saturated carbocycles. The standard InChI is InChI=1S/C60H44N2O2S2Si/c1-59(2)49-21-13-11-19-45(49)47-29-27-40(32-51(47)59)62(41-28-30-48-46-20-12-14-22-50(46)60(3,4)52(48)33-41)39-25-23-37(24-26-39)53-35-55-57(66-53)56-54(34-42(65-56)31-38(36-61)58(63)64)67(55,43-15-7-5-8-16-43)44-17-9-6-10-18-44/h5-35H,1-4H3,(H,63,64)/b38-31-. The van der Waals surface area contributed by atoms with E-state index in [1.165, 1.54) is 81.1 Å². The lowest BCUT2D eigenvalue weighted by Gasteiger charge is -2.30. The fourth-order valence-electron chi connectivity index (χ4n) is 11.4. The summed E-state index contributed by atoms with van der Waals surface area (Å²) in [4.78, 5) is 18.8. The lowest BCUT2D eigenvalue weighted by atomic mass is 9.82. The minimum absolute atomic E-state index is 0.148. The van der Waals surface area contributed by atoms with Gasteiger partial charge in [0.1, 0.15) is 11.6 Å². The van der Waals surface area contributed by atoms with Gasteiger partial charge in [-0.2, -0.15) is 5.26 Å². The number of carboxylic acid groups (broad SMARTS) is 1. The molecule has 0 spiro atoms. The highest BCUT2D eigenvalue weighted by Crippen LogP contribution is 2.53. The van der Waals surface area contributed by atoms with Gasteiger partial charge in [0.2, 0.25) is 0 Å². The lowest BCUT2D eigenvalue weighted by molar-refractivity contribution is -0.132. The van der Waals surface area contributed by atoms with Crippen LogP contribution in [0.15, 0.2) is 188 Å². The Labute approximate surface area is 400 Å². The van der Waals surface area contributed by atoms with Crippen LogP contribution in [0.1, 0.15) is 54.8 Å². The van der Waals surface area contributed by atoms with Crippen LogP contribution in [0.3, 0.4) is 0 Å². The zero-order valence-corrected chi connectivity index (χ0v) is 40.1. The van der Waals surface area contributed by atoms with Gasteiger partial charge in [-0.25, -0.2) is 4.79 Å². The van der Waals surface area contributed by atoms with Gasteiger partial charge < -0.3 is 10.0 Å². The summed E-state index contributed by atoms with van der Waals surface area (Å²) in [5.41, 5.74) is 14.5. The summed E-state index contributed by atoms with van der Waals surface area (Å²) in [5, 5.41) is 24.7. The summed E-state index contributed by atoms with van der Waals surface area (Å²) in [7, 11) is -2.86. The Balaban J connectivity index is 1.01. The molecular formula is C60H44N2O2S2Si. The van der Waals surface area contributed by atoms with Crippen LogP contribution in [0.4, 0.5) is 17.1 Å². The highest BCUT2D eigenvalue weighted by Gasteiger charge is 2.51. The van der Waals surface area contributed by atoms with Gasteiger partial charge in [-0.3, -0.25) is 0 Å². The van der Waals surface area contributed by atoms with E-state index in [4.69, 9.17) is 0 Å². The van der Waals surface area contributed by atoms with Crippen LogP contribution in [0.2, 0.25) is 0 Å². The number of rotatable bonds is 8. The molecule has 0 fully saturated rings. The van der Waals surface area contributed by atoms with Crippen molar-refractivity contribution >= 4 is 80.6 Å². The number of hydrogen-bond donors (Lipinski definition) is 1. The van der Waals surface area contributed by atoms with E-state index in [1.807, 2.05) is 6.07 Å². The van der Waals surface area contributed by atoms with Crippen molar-refractivity contribution in [2.75, 3.05) is 4.90 Å². The minimum Gasteiger partial charge on any atom is -0.477 e. The fourth-order valence-corrected chi connectivity index (χ4v) is 20.2. The zero-order chi connectivity index (χ0) is 45.8. The molecule has 0 radical (unpaired) electrons. The maximum absolute atomic E-state index is 12.0. The third-order valence-corrected chi connectivity index (χ3v) is 22.2. The second kappa shape index (κ2) is 15.1. The van der Waals surface area contributed by atoms with Crippen LogP contribution < -0.4 is 25.6 Å². The second-order valence-corrected chi connectivity index (χ2v) is 24.8. The number of nitrogens with zero attached hydrogens (tertiary/aromatic N) is 2. The van der Waals surface area contributed by atoms with Crippen LogP contribution in [0.5, 0.6) is 0 Å². The summed E-state index contributed by atoms with van der Waals surface area (Å²) in [6, 6.07) is 68.9. The smallest absolute Gasteiger partial charge is 0.346 e. The molecule has 0 bridgehead atoms. The molecule has 7 aromatic carbocycles. The molecule has 0 unspecified atom stereocenters. The van der Waals surface area contributed by atoms with Crippen LogP contribution in [0.25, 0.3) is 48.5 Å². The average molecular weight is 917 g/mol. The monoisotopic (exact) mass is 916 g/mol. The largest absolute Gasteiger partial charge is 0.477 e. The molecule has 3 aliphatic rings. The number of fused-ring (bicyclic) bond motifs is 9. The minimum atomic E-state index is -2.86. The quantitative estimate of drug-likeness (QED) is 0.0937. The van der Waals surface area contributed by atoms with Gasteiger partial charge in [0, 0.05) is 47.4 Å². The van der Waals surface area contributed by atoms with Gasteiger partial charge in [0.05, 0.1) is 0 Å². The maximum Gasteiger partial charge on any atom is 0.346 e. The molecule has 0 amide bonds. The van der Waals surface area contributed by atoms with Crippen molar-refractivity contribution in [3.05, 3.63) is 215 Å². The Morgan fingerprint density at radius 3 is 1.54 bits per heavy atom. The molecule has 0 atom stereocenters. The van der Waals surface area contributed by atoms with Crippen molar-refractivity contribution in [1.29, 1.82) is 5.26 Å². The van der Waals surface area contributed by atoms with E-state index in [0.29, 0.717) is 0 Å². The van der Waals surface area contributed by atoms with Gasteiger partial charge in [0.25, 0.3) is 0 Å². The number of anilines is 3. The van der Waals surface area contributed by atoms with Crippen molar-refractivity contribution in [3.63, 3.8) is 0 Å². The topological polar surface area (TPSA) is 64.3 Å². The third kappa shape index (κ3) is 6.03. The molecule has 9 aromatic rings. The Kier molecular flexibility index (Phi) is 9.26. The molecular weight excluding hydrogens is 873 g/mol. The summed E-state index contributed by atoms with van der Waals surface area (Å²) in [5.74, 6) is -1.22. The first kappa shape index (κ1) is 41.1. The molecule has 322 valence electrons. The third-order valence-electron chi connectivity index (χ3n) is 14.6. The van der Waals surface area contributed by atoms with Crippen LogP contribution in [-0.4, -0.2) is 19.1 Å².